The van der Waals surface area contributed by atoms with Crippen LogP contribution >= 0.6 is 31.2 Å². The Bertz CT molecular complexity index is 660. The first kappa shape index (κ1) is 10.9. The van der Waals surface area contributed by atoms with Gasteiger partial charge in [0.15, 0.2) is 0 Å². The Morgan fingerprint density at radius 3 is 2.44 bits per heavy atom. The summed E-state index contributed by atoms with van der Waals surface area (Å²) in [6.07, 6.45) is 0. The van der Waals surface area contributed by atoms with Gasteiger partial charge in [-0.1, -0.05) is 0 Å². The number of fused-ring (bicyclic) bond motifs is 3. The third-order valence-electron chi connectivity index (χ3n) is 2.56. The van der Waals surface area contributed by atoms with E-state index in [-0.39, 0.29) is 0 Å². The van der Waals surface area contributed by atoms with E-state index in [1.807, 2.05) is 11.3 Å². The van der Waals surface area contributed by atoms with Crippen LogP contribution < -0.4 is 4.35 Å². The second kappa shape index (κ2) is 4.23. The van der Waals surface area contributed by atoms with Crippen molar-refractivity contribution in [2.75, 3.05) is 0 Å². The second-order valence-corrected chi connectivity index (χ2v) is 11.1. The molecule has 3 aromatic rings. The van der Waals surface area contributed by atoms with Gasteiger partial charge in [0.2, 0.25) is 0 Å². The average Bonchev–Trinajstić information content (AvgIpc) is 2.66. The van der Waals surface area contributed by atoms with Gasteiger partial charge in [-0.15, -0.1) is 0 Å². The van der Waals surface area contributed by atoms with Crippen molar-refractivity contribution in [2.45, 2.75) is 0 Å². The molecule has 4 heteroatoms. The summed E-state index contributed by atoms with van der Waals surface area (Å²) in [4.78, 5) is 0. The Kier molecular flexibility index (Phi) is 2.89. The number of rotatable bonds is 1. The SMILES string of the molecule is Cl[As](Cl)c1ccc2sc3ccccc3c2c1. The first-order valence-electron chi connectivity index (χ1n) is 4.79. The summed E-state index contributed by atoms with van der Waals surface area (Å²) in [6.45, 7) is 0. The number of thiophene rings is 1. The van der Waals surface area contributed by atoms with Gasteiger partial charge in [-0.25, -0.2) is 0 Å². The van der Waals surface area contributed by atoms with Gasteiger partial charge in [0.05, 0.1) is 0 Å². The monoisotopic (exact) mass is 328 g/mol. The molecule has 1 aromatic heterocycles. The van der Waals surface area contributed by atoms with Crippen molar-refractivity contribution in [1.82, 2.24) is 0 Å². The Morgan fingerprint density at radius 2 is 1.62 bits per heavy atom. The van der Waals surface area contributed by atoms with Crippen LogP contribution in [0.1, 0.15) is 0 Å². The first-order chi connectivity index (χ1) is 7.75. The van der Waals surface area contributed by atoms with Crippen LogP contribution in [0.3, 0.4) is 0 Å². The fourth-order valence-electron chi connectivity index (χ4n) is 1.82. The summed E-state index contributed by atoms with van der Waals surface area (Å²) in [7, 11) is 12.1. The van der Waals surface area contributed by atoms with Gasteiger partial charge < -0.3 is 0 Å². The molecule has 0 saturated carbocycles. The predicted molar refractivity (Wildman–Crippen MR) is 76.4 cm³/mol. The molecule has 0 aliphatic rings. The molecule has 0 radical (unpaired) electrons. The molecule has 0 spiro atoms. The fourth-order valence-corrected chi connectivity index (χ4v) is 4.87. The fraction of sp³-hybridized carbons (Fsp3) is 0. The zero-order valence-electron chi connectivity index (χ0n) is 8.15. The normalized spacial score (nSPS) is 11.7. The van der Waals surface area contributed by atoms with Crippen LogP contribution in [-0.2, 0) is 0 Å². The van der Waals surface area contributed by atoms with E-state index in [4.69, 9.17) is 19.9 Å². The van der Waals surface area contributed by atoms with Gasteiger partial charge in [-0.3, -0.25) is 0 Å². The summed E-state index contributed by atoms with van der Waals surface area (Å²) in [5.74, 6) is 0. The summed E-state index contributed by atoms with van der Waals surface area (Å²) >= 11 is 0.00504. The molecule has 0 fully saturated rings. The molecule has 0 nitrogen and oxygen atoms in total. The minimum absolute atomic E-state index is 1.10. The van der Waals surface area contributed by atoms with E-state index in [0.717, 1.165) is 4.35 Å². The van der Waals surface area contributed by atoms with Gasteiger partial charge in [-0.2, -0.15) is 0 Å². The zero-order valence-corrected chi connectivity index (χ0v) is 12.4. The van der Waals surface area contributed by atoms with Crippen molar-refractivity contribution in [1.29, 1.82) is 0 Å². The Morgan fingerprint density at radius 1 is 0.875 bits per heavy atom. The average molecular weight is 329 g/mol. The van der Waals surface area contributed by atoms with Crippen LogP contribution in [0.25, 0.3) is 20.2 Å². The number of benzene rings is 2. The maximum atomic E-state index is 6.04. The van der Waals surface area contributed by atoms with E-state index in [1.165, 1.54) is 20.2 Å². The van der Waals surface area contributed by atoms with Crippen molar-refractivity contribution in [3.63, 3.8) is 0 Å². The van der Waals surface area contributed by atoms with Crippen LogP contribution in [-0.4, -0.2) is 12.8 Å². The van der Waals surface area contributed by atoms with Gasteiger partial charge in [0.25, 0.3) is 0 Å². The van der Waals surface area contributed by atoms with Crippen molar-refractivity contribution in [2.24, 2.45) is 0 Å². The van der Waals surface area contributed by atoms with E-state index in [1.54, 1.807) is 0 Å². The molecule has 2 aromatic carbocycles. The molecule has 3 rings (SSSR count). The molecular weight excluding hydrogens is 322 g/mol. The second-order valence-electron chi connectivity index (χ2n) is 3.51. The molecule has 0 aliphatic heterocycles. The van der Waals surface area contributed by atoms with Gasteiger partial charge >= 0.3 is 111 Å². The predicted octanol–water partition coefficient (Wildman–Crippen LogP) is 4.23. The zero-order chi connectivity index (χ0) is 11.1. The van der Waals surface area contributed by atoms with Crippen LogP contribution in [0.4, 0.5) is 0 Å². The van der Waals surface area contributed by atoms with Crippen LogP contribution in [0.5, 0.6) is 0 Å². The van der Waals surface area contributed by atoms with Crippen LogP contribution in [0, 0.1) is 0 Å². The third-order valence-corrected chi connectivity index (χ3v) is 7.14. The van der Waals surface area contributed by atoms with Crippen molar-refractivity contribution < 1.29 is 0 Å². The summed E-state index contributed by atoms with van der Waals surface area (Å²) in [6, 6.07) is 14.8. The molecule has 0 bridgehead atoms. The Hall–Kier alpha value is -0.202. The van der Waals surface area contributed by atoms with Crippen LogP contribution in [0.15, 0.2) is 42.5 Å². The molecule has 16 heavy (non-hydrogen) atoms. The topological polar surface area (TPSA) is 0 Å². The van der Waals surface area contributed by atoms with E-state index < -0.39 is 12.8 Å². The van der Waals surface area contributed by atoms with Gasteiger partial charge in [0, 0.05) is 0 Å². The number of hydrogen-bond donors (Lipinski definition) is 0. The first-order valence-corrected chi connectivity index (χ1v) is 11.5. The van der Waals surface area contributed by atoms with Crippen molar-refractivity contribution in [3.8, 4) is 0 Å². The van der Waals surface area contributed by atoms with Gasteiger partial charge in [0.1, 0.15) is 0 Å². The van der Waals surface area contributed by atoms with Crippen molar-refractivity contribution >= 4 is 68.5 Å². The maximum absolute atomic E-state index is 6.04. The molecule has 0 unspecified atom stereocenters. The van der Waals surface area contributed by atoms with Gasteiger partial charge in [-0.05, 0) is 0 Å². The Balaban J connectivity index is 2.40. The molecule has 0 saturated heterocycles. The summed E-state index contributed by atoms with van der Waals surface area (Å²) in [5, 5.41) is 2.58. The van der Waals surface area contributed by atoms with E-state index >= 15 is 0 Å². The van der Waals surface area contributed by atoms with Crippen molar-refractivity contribution in [3.05, 3.63) is 42.5 Å². The van der Waals surface area contributed by atoms with E-state index in [0.29, 0.717) is 0 Å². The summed E-state index contributed by atoms with van der Waals surface area (Å²) in [5.41, 5.74) is 0. The molecule has 0 atom stereocenters. The quantitative estimate of drug-likeness (QED) is 0.586. The third kappa shape index (κ3) is 1.76. The molecule has 0 aliphatic carbocycles. The molecule has 1 heterocycles. The molecule has 0 N–H and O–H groups in total. The molecule has 80 valence electrons. The van der Waals surface area contributed by atoms with Crippen LogP contribution in [0.2, 0.25) is 0 Å². The number of halogens is 2. The molecular formula is C12H7AsCl2S. The summed E-state index contributed by atoms with van der Waals surface area (Å²) < 4.78 is 3.72. The standard InChI is InChI=1S/C12H7AsCl2S/c14-13(15)8-5-6-12-10(7-8)9-3-1-2-4-11(9)16-12/h1-7H. The van der Waals surface area contributed by atoms with E-state index in [2.05, 4.69) is 42.5 Å². The Labute approximate surface area is 110 Å². The van der Waals surface area contributed by atoms with E-state index in [9.17, 15) is 0 Å². The molecule has 0 amide bonds. The minimum atomic E-state index is -1.81. The number of hydrogen-bond acceptors (Lipinski definition) is 1.